The third-order valence-electron chi connectivity index (χ3n) is 2.31. The highest BCUT2D eigenvalue weighted by atomic mass is 16.5. The van der Waals surface area contributed by atoms with Crippen molar-refractivity contribution < 1.29 is 19.4 Å². The topological polar surface area (TPSA) is 76.0 Å². The molecule has 1 aliphatic heterocycles. The molecule has 0 bridgehead atoms. The fourth-order valence-corrected chi connectivity index (χ4v) is 1.41. The van der Waals surface area contributed by atoms with E-state index in [1.54, 1.807) is 13.0 Å². The van der Waals surface area contributed by atoms with Gasteiger partial charge in [-0.05, 0) is 26.2 Å². The van der Waals surface area contributed by atoms with Gasteiger partial charge < -0.3 is 9.84 Å². The van der Waals surface area contributed by atoms with Crippen LogP contribution in [-0.2, 0) is 14.3 Å². The molecule has 5 nitrogen and oxygen atoms in total. The van der Waals surface area contributed by atoms with Crippen molar-refractivity contribution in [3.05, 3.63) is 11.6 Å². The first-order chi connectivity index (χ1) is 7.13. The third kappa shape index (κ3) is 3.65. The summed E-state index contributed by atoms with van der Waals surface area (Å²) in [6.45, 7) is 1.54. The number of carboxylic acids is 1. The number of carboxylic acid groups (broad SMARTS) is 1. The number of rotatable bonds is 4. The van der Waals surface area contributed by atoms with Crippen molar-refractivity contribution in [2.75, 3.05) is 0 Å². The molecule has 2 unspecified atom stereocenters. The maximum Gasteiger partial charge on any atom is 0.330 e. The lowest BCUT2D eigenvalue weighted by atomic mass is 10.1. The van der Waals surface area contributed by atoms with Gasteiger partial charge in [0.2, 0.25) is 6.08 Å². The van der Waals surface area contributed by atoms with Crippen LogP contribution in [0.5, 0.6) is 0 Å². The zero-order valence-corrected chi connectivity index (χ0v) is 8.47. The third-order valence-corrected chi connectivity index (χ3v) is 2.31. The highest BCUT2D eigenvalue weighted by Gasteiger charge is 2.23. The van der Waals surface area contributed by atoms with Gasteiger partial charge in [-0.2, -0.15) is 4.99 Å². The van der Waals surface area contributed by atoms with Crippen LogP contribution in [0, 0.1) is 0 Å². The van der Waals surface area contributed by atoms with Gasteiger partial charge in [-0.25, -0.2) is 9.59 Å². The average molecular weight is 211 g/mol. The molecule has 0 amide bonds. The van der Waals surface area contributed by atoms with Crippen molar-refractivity contribution in [3.63, 3.8) is 0 Å². The maximum atomic E-state index is 10.5. The van der Waals surface area contributed by atoms with Gasteiger partial charge in [0, 0.05) is 5.57 Å². The normalized spacial score (nSPS) is 26.1. The number of carbonyl (C=O) groups excluding carboxylic acids is 1. The molecule has 0 aromatic rings. The Morgan fingerprint density at radius 1 is 1.67 bits per heavy atom. The summed E-state index contributed by atoms with van der Waals surface area (Å²) in [6, 6.07) is 0. The summed E-state index contributed by atoms with van der Waals surface area (Å²) < 4.78 is 5.37. The van der Waals surface area contributed by atoms with Crippen molar-refractivity contribution in [3.8, 4) is 0 Å². The van der Waals surface area contributed by atoms with E-state index in [0.717, 1.165) is 6.42 Å². The maximum absolute atomic E-state index is 10.5. The number of hydrogen-bond donors (Lipinski definition) is 1. The molecule has 0 aromatic carbocycles. The number of hydrogen-bond acceptors (Lipinski definition) is 4. The predicted molar refractivity (Wildman–Crippen MR) is 52.0 cm³/mol. The quantitative estimate of drug-likeness (QED) is 0.431. The van der Waals surface area contributed by atoms with E-state index >= 15 is 0 Å². The van der Waals surface area contributed by atoms with Gasteiger partial charge in [0.1, 0.15) is 0 Å². The van der Waals surface area contributed by atoms with Crippen molar-refractivity contribution in [1.82, 2.24) is 0 Å². The minimum absolute atomic E-state index is 0.0404. The van der Waals surface area contributed by atoms with E-state index in [0.29, 0.717) is 18.4 Å². The first-order valence-corrected chi connectivity index (χ1v) is 4.76. The minimum atomic E-state index is -0.921. The summed E-state index contributed by atoms with van der Waals surface area (Å²) in [6.07, 6.45) is 4.67. The molecule has 1 rings (SSSR count). The molecule has 1 N–H and O–H groups in total. The predicted octanol–water partition coefficient (Wildman–Crippen LogP) is 1.25. The summed E-state index contributed by atoms with van der Waals surface area (Å²) in [5.74, 6) is -0.921. The Morgan fingerprint density at radius 2 is 2.40 bits per heavy atom. The summed E-state index contributed by atoms with van der Waals surface area (Å²) in [5, 5.41) is 8.61. The van der Waals surface area contributed by atoms with Crippen LogP contribution in [0.25, 0.3) is 0 Å². The number of ether oxygens (including phenoxy) is 1. The molecule has 1 fully saturated rings. The molecular weight excluding hydrogens is 198 g/mol. The molecule has 0 saturated carbocycles. The standard InChI is InChI=1S/C10H13NO4/c1-7(10(13)14)2-3-8-4-5-9(15-8)11-6-12/h2,8-9H,3-5H2,1H3,(H,13,14). The fourth-order valence-electron chi connectivity index (χ4n) is 1.41. The molecule has 1 aliphatic rings. The van der Waals surface area contributed by atoms with E-state index in [2.05, 4.69) is 4.99 Å². The Labute approximate surface area is 87.5 Å². The number of isocyanates is 1. The van der Waals surface area contributed by atoms with E-state index < -0.39 is 12.2 Å². The largest absolute Gasteiger partial charge is 0.478 e. The van der Waals surface area contributed by atoms with Crippen LogP contribution in [-0.4, -0.2) is 29.5 Å². The van der Waals surface area contributed by atoms with Gasteiger partial charge >= 0.3 is 5.97 Å². The minimum Gasteiger partial charge on any atom is -0.478 e. The second-order valence-corrected chi connectivity index (χ2v) is 3.44. The fraction of sp³-hybridized carbons (Fsp3) is 0.600. The Kier molecular flexibility index (Phi) is 4.21. The molecule has 5 heteroatoms. The summed E-state index contributed by atoms with van der Waals surface area (Å²) >= 11 is 0. The van der Waals surface area contributed by atoms with Gasteiger partial charge in [0.25, 0.3) is 0 Å². The Hall–Kier alpha value is -1.45. The van der Waals surface area contributed by atoms with E-state index in [9.17, 15) is 9.59 Å². The van der Waals surface area contributed by atoms with E-state index in [4.69, 9.17) is 9.84 Å². The first kappa shape index (κ1) is 11.6. The van der Waals surface area contributed by atoms with E-state index in [1.807, 2.05) is 0 Å². The first-order valence-electron chi connectivity index (χ1n) is 4.76. The number of aliphatic carboxylic acids is 1. The highest BCUT2D eigenvalue weighted by molar-refractivity contribution is 5.85. The van der Waals surface area contributed by atoms with Crippen LogP contribution >= 0.6 is 0 Å². The Morgan fingerprint density at radius 3 is 3.00 bits per heavy atom. The number of carbonyl (C=O) groups is 1. The molecule has 0 spiro atoms. The number of aliphatic imine (C=N–C) groups is 1. The van der Waals surface area contributed by atoms with Crippen LogP contribution < -0.4 is 0 Å². The van der Waals surface area contributed by atoms with Crippen molar-refractivity contribution in [1.29, 1.82) is 0 Å². The molecule has 0 aromatic heterocycles. The number of nitrogens with zero attached hydrogens (tertiary/aromatic N) is 1. The Balaban J connectivity index is 2.39. The van der Waals surface area contributed by atoms with Crippen molar-refractivity contribution >= 4 is 12.0 Å². The Bertz CT molecular complexity index is 317. The SMILES string of the molecule is CC(=CCC1CCC(N=C=O)O1)C(=O)O. The lowest BCUT2D eigenvalue weighted by Gasteiger charge is -2.07. The van der Waals surface area contributed by atoms with E-state index in [1.165, 1.54) is 6.08 Å². The van der Waals surface area contributed by atoms with Gasteiger partial charge in [-0.3, -0.25) is 0 Å². The monoisotopic (exact) mass is 211 g/mol. The molecular formula is C10H13NO4. The lowest BCUT2D eigenvalue weighted by Crippen LogP contribution is -2.08. The van der Waals surface area contributed by atoms with Gasteiger partial charge in [0.15, 0.2) is 6.23 Å². The van der Waals surface area contributed by atoms with Gasteiger partial charge in [0.05, 0.1) is 6.10 Å². The second kappa shape index (κ2) is 5.44. The zero-order valence-electron chi connectivity index (χ0n) is 8.47. The summed E-state index contributed by atoms with van der Waals surface area (Å²) in [4.78, 5) is 23.9. The highest BCUT2D eigenvalue weighted by Crippen LogP contribution is 2.23. The molecule has 2 atom stereocenters. The van der Waals surface area contributed by atoms with Crippen LogP contribution in [0.4, 0.5) is 0 Å². The molecule has 1 saturated heterocycles. The van der Waals surface area contributed by atoms with Crippen LogP contribution in [0.2, 0.25) is 0 Å². The van der Waals surface area contributed by atoms with Crippen molar-refractivity contribution in [2.24, 2.45) is 4.99 Å². The molecule has 1 heterocycles. The smallest absolute Gasteiger partial charge is 0.330 e. The van der Waals surface area contributed by atoms with Gasteiger partial charge in [-0.1, -0.05) is 6.08 Å². The molecule has 82 valence electrons. The summed E-state index contributed by atoms with van der Waals surface area (Å²) in [7, 11) is 0. The zero-order chi connectivity index (χ0) is 11.3. The summed E-state index contributed by atoms with van der Waals surface area (Å²) in [5.41, 5.74) is 0.306. The molecule has 0 radical (unpaired) electrons. The second-order valence-electron chi connectivity index (χ2n) is 3.44. The molecule has 15 heavy (non-hydrogen) atoms. The van der Waals surface area contributed by atoms with Crippen LogP contribution in [0.15, 0.2) is 16.6 Å². The van der Waals surface area contributed by atoms with Crippen LogP contribution in [0.3, 0.4) is 0 Å². The van der Waals surface area contributed by atoms with Crippen molar-refractivity contribution in [2.45, 2.75) is 38.5 Å². The van der Waals surface area contributed by atoms with Gasteiger partial charge in [-0.15, -0.1) is 0 Å². The molecule has 0 aliphatic carbocycles. The van der Waals surface area contributed by atoms with Crippen LogP contribution in [0.1, 0.15) is 26.2 Å². The average Bonchev–Trinajstić information content (AvgIpc) is 2.62. The van der Waals surface area contributed by atoms with E-state index in [-0.39, 0.29) is 6.10 Å². The lowest BCUT2D eigenvalue weighted by molar-refractivity contribution is -0.132.